The van der Waals surface area contributed by atoms with Gasteiger partial charge in [0.15, 0.2) is 28.6 Å². The van der Waals surface area contributed by atoms with Gasteiger partial charge in [-0.2, -0.15) is 0 Å². The van der Waals surface area contributed by atoms with Crippen molar-refractivity contribution in [3.63, 3.8) is 0 Å². The lowest BCUT2D eigenvalue weighted by molar-refractivity contribution is 0.666. The van der Waals surface area contributed by atoms with Crippen molar-refractivity contribution in [3.05, 3.63) is 285 Å². The molecular weight excluding hydrogens is 1190 g/mol. The van der Waals surface area contributed by atoms with E-state index in [0.29, 0.717) is 17.5 Å². The van der Waals surface area contributed by atoms with Crippen LogP contribution in [-0.2, 0) is 0 Å². The van der Waals surface area contributed by atoms with Gasteiger partial charge in [-0.3, -0.25) is 0 Å². The van der Waals surface area contributed by atoms with Crippen molar-refractivity contribution < 1.29 is 22.1 Å². The van der Waals surface area contributed by atoms with Crippen LogP contribution in [0.15, 0.2) is 307 Å². The molecule has 0 spiro atoms. The maximum atomic E-state index is 6.79. The number of nitrogens with zero attached hydrogens (tertiary/aromatic N) is 5. The Morgan fingerprint density at radius 1 is 0.206 bits per heavy atom. The number of aromatic nitrogens is 5. The fourth-order valence-electron chi connectivity index (χ4n) is 15.7. The minimum atomic E-state index is 0.492. The molecule has 0 fully saturated rings. The van der Waals surface area contributed by atoms with E-state index >= 15 is 0 Å². The summed E-state index contributed by atoms with van der Waals surface area (Å²) < 4.78 is 38.0. The summed E-state index contributed by atoms with van der Waals surface area (Å²) in [5.74, 6) is 1.49. The lowest BCUT2D eigenvalue weighted by Gasteiger charge is -2.11. The first-order chi connectivity index (χ1) is 48.1. The Balaban J connectivity index is 0.711. The zero-order valence-corrected chi connectivity index (χ0v) is 51.4. The van der Waals surface area contributed by atoms with E-state index < -0.39 is 0 Å². The highest BCUT2D eigenvalue weighted by molar-refractivity contribution is 6.19. The minimum Gasteiger partial charge on any atom is -0.456 e. The molecule has 97 heavy (non-hydrogen) atoms. The van der Waals surface area contributed by atoms with Crippen LogP contribution in [0.5, 0.6) is 0 Å². The Morgan fingerprint density at radius 2 is 0.515 bits per heavy atom. The van der Waals surface area contributed by atoms with Crippen molar-refractivity contribution >= 4 is 153 Å². The molecule has 0 aliphatic carbocycles. The summed E-state index contributed by atoms with van der Waals surface area (Å²) in [4.78, 5) is 16.6. The van der Waals surface area contributed by atoms with Crippen LogP contribution >= 0.6 is 0 Å². The largest absolute Gasteiger partial charge is 0.456 e. The minimum absolute atomic E-state index is 0.492. The van der Waals surface area contributed by atoms with Gasteiger partial charge in [0.05, 0.1) is 33.4 Å². The summed E-state index contributed by atoms with van der Waals surface area (Å²) >= 11 is 0. The average Bonchev–Trinajstić information content (AvgIpc) is 1.61. The van der Waals surface area contributed by atoms with Crippen LogP contribution in [0.2, 0.25) is 0 Å². The fraction of sp³-hybridized carbons (Fsp3) is 0. The first-order valence-electron chi connectivity index (χ1n) is 32.5. The molecule has 0 N–H and O–H groups in total. The molecular formula is C87H47N5O5. The molecule has 0 saturated carbocycles. The molecule has 0 saturated heterocycles. The number of hydrogen-bond acceptors (Lipinski definition) is 8. The van der Waals surface area contributed by atoms with Gasteiger partial charge in [0.1, 0.15) is 44.7 Å². The topological polar surface area (TPSA) is 114 Å². The van der Waals surface area contributed by atoms with Gasteiger partial charge in [-0.15, -0.1) is 0 Å². The predicted molar refractivity (Wildman–Crippen MR) is 392 cm³/mol. The van der Waals surface area contributed by atoms with E-state index in [4.69, 9.17) is 37.0 Å². The van der Waals surface area contributed by atoms with Crippen LogP contribution in [0.3, 0.4) is 0 Å². The van der Waals surface area contributed by atoms with Crippen molar-refractivity contribution in [2.24, 2.45) is 0 Å². The molecule has 450 valence electrons. The summed E-state index contributed by atoms with van der Waals surface area (Å²) in [7, 11) is 0. The van der Waals surface area contributed by atoms with Crippen LogP contribution in [0.1, 0.15) is 0 Å². The summed E-state index contributed by atoms with van der Waals surface area (Å²) in [5.41, 5.74) is 20.9. The second-order valence-electron chi connectivity index (χ2n) is 25.2. The molecule has 0 aliphatic heterocycles. The van der Waals surface area contributed by atoms with Crippen LogP contribution in [0.25, 0.3) is 221 Å². The summed E-state index contributed by atoms with van der Waals surface area (Å²) in [5, 5.41) is 14.5. The summed E-state index contributed by atoms with van der Waals surface area (Å²) in [6.07, 6.45) is 0. The molecule has 0 amide bonds. The maximum Gasteiger partial charge on any atom is 0.164 e. The number of hydrogen-bond donors (Lipinski definition) is 0. The third-order valence-corrected chi connectivity index (χ3v) is 20.0. The maximum absolute atomic E-state index is 6.79. The second-order valence-corrected chi connectivity index (χ2v) is 25.2. The molecule has 0 aliphatic rings. The van der Waals surface area contributed by atoms with Gasteiger partial charge >= 0.3 is 0 Å². The van der Waals surface area contributed by atoms with Crippen molar-refractivity contribution in [1.29, 1.82) is 0 Å². The SMILES string of the molecule is c1ccc2c(c1)oc1c(-n3c4ccccc4c4cc(-c5ccc6oc7cccc(-c8nc(-c9cccc%10oc%11ccccc%11c9%10)nc(-c9cccc%10oc%11ccc(-c%12ccc%13c(c%12)c%12ccccc%12n%13-c%12cccc%13c%12oc%12ccccc%12%13)cc%11c9%10)n8)c7c6c5)ccc43)cccc12. The molecule has 10 heteroatoms. The van der Waals surface area contributed by atoms with E-state index in [9.17, 15) is 0 Å². The van der Waals surface area contributed by atoms with Crippen LogP contribution < -0.4 is 0 Å². The molecule has 22 rings (SSSR count). The molecule has 10 nitrogen and oxygen atoms in total. The van der Waals surface area contributed by atoms with E-state index in [1.54, 1.807) is 0 Å². The molecule has 0 unspecified atom stereocenters. The number of rotatable bonds is 7. The quantitative estimate of drug-likeness (QED) is 0.155. The summed E-state index contributed by atoms with van der Waals surface area (Å²) in [6.45, 7) is 0. The monoisotopic (exact) mass is 1240 g/mol. The fourth-order valence-corrected chi connectivity index (χ4v) is 15.7. The Hall–Kier alpha value is -13.3. The van der Waals surface area contributed by atoms with Gasteiger partial charge in [0, 0.05) is 92.1 Å². The van der Waals surface area contributed by atoms with Gasteiger partial charge in [-0.25, -0.2) is 15.0 Å². The van der Waals surface area contributed by atoms with E-state index in [1.165, 1.54) is 0 Å². The Labute approximate surface area is 549 Å². The molecule has 8 aromatic heterocycles. The lowest BCUT2D eigenvalue weighted by Crippen LogP contribution is -2.01. The number of para-hydroxylation sites is 7. The van der Waals surface area contributed by atoms with Gasteiger partial charge in [-0.05, 0) is 131 Å². The third-order valence-electron chi connectivity index (χ3n) is 20.0. The van der Waals surface area contributed by atoms with Crippen LogP contribution in [-0.4, -0.2) is 24.1 Å². The average molecular weight is 1240 g/mol. The summed E-state index contributed by atoms with van der Waals surface area (Å²) in [6, 6.07) is 99.6. The third kappa shape index (κ3) is 7.51. The smallest absolute Gasteiger partial charge is 0.164 e. The number of benzene rings is 14. The molecule has 0 radical (unpaired) electrons. The normalized spacial score (nSPS) is 12.3. The van der Waals surface area contributed by atoms with Gasteiger partial charge in [0.2, 0.25) is 0 Å². The Bertz CT molecular complexity index is 6800. The van der Waals surface area contributed by atoms with E-state index in [1.807, 2.05) is 78.9 Å². The number of fused-ring (bicyclic) bond motifs is 21. The van der Waals surface area contributed by atoms with Crippen molar-refractivity contribution in [2.45, 2.75) is 0 Å². The predicted octanol–water partition coefficient (Wildman–Crippen LogP) is 23.9. The van der Waals surface area contributed by atoms with Crippen molar-refractivity contribution in [3.8, 4) is 67.8 Å². The lowest BCUT2D eigenvalue weighted by atomic mass is 9.98. The van der Waals surface area contributed by atoms with Crippen molar-refractivity contribution in [1.82, 2.24) is 24.1 Å². The first kappa shape index (κ1) is 52.2. The molecule has 8 heterocycles. The second kappa shape index (κ2) is 19.6. The zero-order valence-electron chi connectivity index (χ0n) is 51.4. The van der Waals surface area contributed by atoms with E-state index in [-0.39, 0.29) is 0 Å². The van der Waals surface area contributed by atoms with Gasteiger partial charge in [-0.1, -0.05) is 176 Å². The van der Waals surface area contributed by atoms with E-state index in [2.05, 4.69) is 215 Å². The highest BCUT2D eigenvalue weighted by Crippen LogP contribution is 2.46. The van der Waals surface area contributed by atoms with Crippen molar-refractivity contribution in [2.75, 3.05) is 0 Å². The number of furan rings is 5. The Morgan fingerprint density at radius 3 is 0.959 bits per heavy atom. The molecule has 14 aromatic carbocycles. The van der Waals surface area contributed by atoms with E-state index in [0.717, 1.165) is 204 Å². The molecule has 22 aromatic rings. The van der Waals surface area contributed by atoms with Crippen LogP contribution in [0, 0.1) is 0 Å². The molecule has 0 atom stereocenters. The zero-order chi connectivity index (χ0) is 63.1. The Kier molecular flexibility index (Phi) is 10.6. The standard InChI is InChI=1S/C87H47N5O5/c1-6-26-66-52(16-1)62-44-48(36-40-68(62)91(66)70-28-11-21-56-54-18-3-8-30-72(54)96-83(56)70)50-38-42-75-64(46-50)81-60(24-14-34-78(81)94-75)86-88-85(59-23-13-33-77-80(59)58-20-5-10-32-74(58)93-77)89-87(90-86)61-25-15-35-79-82(61)65-47-51(39-43-76(65)95-79)49-37-41-69-63(45-49)53-17-2-7-27-67(53)92(69)71-29-12-22-57-55-19-4-9-31-73(55)97-84(57)71/h1-47H. The van der Waals surface area contributed by atoms with Crippen LogP contribution in [0.4, 0.5) is 0 Å². The molecule has 0 bridgehead atoms. The highest BCUT2D eigenvalue weighted by Gasteiger charge is 2.26. The van der Waals surface area contributed by atoms with Gasteiger partial charge in [0.25, 0.3) is 0 Å². The highest BCUT2D eigenvalue weighted by atomic mass is 16.3. The first-order valence-corrected chi connectivity index (χ1v) is 32.5. The van der Waals surface area contributed by atoms with Gasteiger partial charge < -0.3 is 31.2 Å².